The Labute approximate surface area is 165 Å². The molecule has 0 bridgehead atoms. The van der Waals surface area contributed by atoms with Crippen molar-refractivity contribution in [2.45, 2.75) is 37.4 Å². The predicted octanol–water partition coefficient (Wildman–Crippen LogP) is 4.71. The van der Waals surface area contributed by atoms with Gasteiger partial charge in [0.25, 0.3) is 0 Å². The number of aliphatic carboxylic acids is 1. The summed E-state index contributed by atoms with van der Waals surface area (Å²) in [6.07, 6.45) is -7.69. The molecule has 8 heteroatoms. The number of carbonyl (C=O) groups excluding carboxylic acids is 1. The van der Waals surface area contributed by atoms with Crippen molar-refractivity contribution in [3.05, 3.63) is 59.7 Å². The van der Waals surface area contributed by atoms with Gasteiger partial charge in [0.2, 0.25) is 0 Å². The number of carbonyl (C=O) groups is 2. The molecule has 1 atom stereocenters. The maximum absolute atomic E-state index is 12.4. The molecule has 2 aromatic rings. The molecule has 0 saturated heterocycles. The summed E-state index contributed by atoms with van der Waals surface area (Å²) >= 11 is 0. The Kier molecular flexibility index (Phi) is 6.10. The van der Waals surface area contributed by atoms with Gasteiger partial charge in [0.1, 0.15) is 6.61 Å². The van der Waals surface area contributed by atoms with Crippen molar-refractivity contribution in [2.24, 2.45) is 0 Å². The molecule has 0 heterocycles. The lowest BCUT2D eigenvalue weighted by Gasteiger charge is -2.19. The van der Waals surface area contributed by atoms with Crippen molar-refractivity contribution < 1.29 is 32.6 Å². The minimum absolute atomic E-state index is 0.00107. The average Bonchev–Trinajstić information content (AvgIpc) is 2.97. The fraction of sp³-hybridized carbons (Fsp3) is 0.333. The zero-order valence-corrected chi connectivity index (χ0v) is 15.4. The number of hydrogen-bond donors (Lipinski definition) is 2. The first-order valence-electron chi connectivity index (χ1n) is 9.14. The smallest absolute Gasteiger partial charge is 0.407 e. The third-order valence-corrected chi connectivity index (χ3v) is 4.86. The van der Waals surface area contributed by atoms with Crippen molar-refractivity contribution in [3.63, 3.8) is 0 Å². The van der Waals surface area contributed by atoms with Gasteiger partial charge in [-0.1, -0.05) is 48.5 Å². The van der Waals surface area contributed by atoms with E-state index >= 15 is 0 Å². The summed E-state index contributed by atoms with van der Waals surface area (Å²) in [6, 6.07) is 14.3. The number of fused-ring (bicyclic) bond motifs is 3. The van der Waals surface area contributed by atoms with Crippen LogP contribution in [0.15, 0.2) is 48.5 Å². The van der Waals surface area contributed by atoms with Crippen molar-refractivity contribution in [1.29, 1.82) is 0 Å². The fourth-order valence-corrected chi connectivity index (χ4v) is 3.58. The van der Waals surface area contributed by atoms with E-state index in [0.29, 0.717) is 0 Å². The van der Waals surface area contributed by atoms with Gasteiger partial charge in [0.15, 0.2) is 0 Å². The topological polar surface area (TPSA) is 75.6 Å². The summed E-state index contributed by atoms with van der Waals surface area (Å²) in [5.41, 5.74) is 4.10. The van der Waals surface area contributed by atoms with Crippen molar-refractivity contribution in [2.75, 3.05) is 6.61 Å². The number of carboxylic acids is 1. The van der Waals surface area contributed by atoms with E-state index in [1.54, 1.807) is 0 Å². The van der Waals surface area contributed by atoms with Crippen LogP contribution >= 0.6 is 0 Å². The molecule has 0 aromatic heterocycles. The Morgan fingerprint density at radius 3 is 2.10 bits per heavy atom. The molecule has 0 aliphatic heterocycles. The third kappa shape index (κ3) is 5.28. The Hall–Kier alpha value is -3.03. The quantitative estimate of drug-likeness (QED) is 0.697. The first kappa shape index (κ1) is 20.7. The number of hydrogen-bond acceptors (Lipinski definition) is 3. The average molecular weight is 407 g/mol. The van der Waals surface area contributed by atoms with E-state index in [-0.39, 0.29) is 12.5 Å². The Balaban J connectivity index is 1.64. The zero-order chi connectivity index (χ0) is 21.0. The molecule has 1 amide bonds. The molecule has 154 valence electrons. The van der Waals surface area contributed by atoms with Crippen LogP contribution in [0, 0.1) is 0 Å². The highest BCUT2D eigenvalue weighted by molar-refractivity contribution is 5.79. The van der Waals surface area contributed by atoms with E-state index in [9.17, 15) is 22.8 Å². The van der Waals surface area contributed by atoms with Gasteiger partial charge in [0, 0.05) is 18.4 Å². The Bertz CT molecular complexity index is 852. The standard InChI is InChI=1S/C21H20F3NO4/c22-21(23,24)10-9-13(11-19(26)27)25-20(28)29-12-18-16-7-3-1-5-14(16)15-6-2-4-8-17(15)18/h1-8,13,18H,9-12H2,(H,25,28)(H,26,27)/t13-/m1/s1. The minimum atomic E-state index is -4.43. The van der Waals surface area contributed by atoms with Gasteiger partial charge in [0.05, 0.1) is 6.42 Å². The number of alkyl halides is 3. The molecular formula is C21H20F3NO4. The van der Waals surface area contributed by atoms with E-state index in [4.69, 9.17) is 9.84 Å². The number of amides is 1. The van der Waals surface area contributed by atoms with Gasteiger partial charge < -0.3 is 15.2 Å². The fourth-order valence-electron chi connectivity index (χ4n) is 3.58. The molecule has 3 rings (SSSR count). The molecule has 0 spiro atoms. The summed E-state index contributed by atoms with van der Waals surface area (Å²) in [7, 11) is 0. The van der Waals surface area contributed by atoms with Crippen molar-refractivity contribution in [1.82, 2.24) is 5.32 Å². The molecule has 0 radical (unpaired) electrons. The summed E-state index contributed by atoms with van der Waals surface area (Å²) in [6.45, 7) is -0.00107. The molecule has 1 aliphatic rings. The van der Waals surface area contributed by atoms with Crippen LogP contribution in [0.1, 0.15) is 36.3 Å². The van der Waals surface area contributed by atoms with Gasteiger partial charge in [-0.15, -0.1) is 0 Å². The van der Waals surface area contributed by atoms with Crippen LogP contribution in [-0.2, 0) is 9.53 Å². The first-order chi connectivity index (χ1) is 13.7. The SMILES string of the molecule is O=C(O)C[C@@H](CCC(F)(F)F)NC(=O)OCC1c2ccccc2-c2ccccc21. The summed E-state index contributed by atoms with van der Waals surface area (Å²) < 4.78 is 42.6. The third-order valence-electron chi connectivity index (χ3n) is 4.86. The van der Waals surface area contributed by atoms with Crippen LogP contribution in [0.4, 0.5) is 18.0 Å². The van der Waals surface area contributed by atoms with Crippen molar-refractivity contribution >= 4 is 12.1 Å². The highest BCUT2D eigenvalue weighted by Gasteiger charge is 2.31. The maximum atomic E-state index is 12.4. The number of carboxylic acid groups (broad SMARTS) is 1. The van der Waals surface area contributed by atoms with E-state index < -0.39 is 43.5 Å². The first-order valence-corrected chi connectivity index (χ1v) is 9.14. The van der Waals surface area contributed by atoms with Crippen LogP contribution in [0.3, 0.4) is 0 Å². The second kappa shape index (κ2) is 8.55. The van der Waals surface area contributed by atoms with Gasteiger partial charge in [-0.2, -0.15) is 13.2 Å². The van der Waals surface area contributed by atoms with Crippen LogP contribution in [0.2, 0.25) is 0 Å². The van der Waals surface area contributed by atoms with E-state index in [1.165, 1.54) is 0 Å². The largest absolute Gasteiger partial charge is 0.481 e. The number of rotatable bonds is 7. The number of ether oxygens (including phenoxy) is 1. The van der Waals surface area contributed by atoms with E-state index in [0.717, 1.165) is 22.3 Å². The number of benzene rings is 2. The van der Waals surface area contributed by atoms with Gasteiger partial charge in [-0.3, -0.25) is 4.79 Å². The summed E-state index contributed by atoms with van der Waals surface area (Å²) in [4.78, 5) is 23.0. The van der Waals surface area contributed by atoms with Crippen LogP contribution < -0.4 is 5.32 Å². The van der Waals surface area contributed by atoms with Crippen LogP contribution in [0.5, 0.6) is 0 Å². The lowest BCUT2D eigenvalue weighted by molar-refractivity contribution is -0.142. The molecule has 2 aromatic carbocycles. The number of halogens is 3. The molecule has 1 aliphatic carbocycles. The van der Waals surface area contributed by atoms with Crippen molar-refractivity contribution in [3.8, 4) is 11.1 Å². The normalized spacial score (nSPS) is 14.0. The van der Waals surface area contributed by atoms with Gasteiger partial charge >= 0.3 is 18.2 Å². The van der Waals surface area contributed by atoms with Crippen LogP contribution in [0.25, 0.3) is 11.1 Å². The summed E-state index contributed by atoms with van der Waals surface area (Å²) in [5.74, 6) is -1.49. The molecule has 29 heavy (non-hydrogen) atoms. The lowest BCUT2D eigenvalue weighted by Crippen LogP contribution is -2.38. The van der Waals surface area contributed by atoms with Gasteiger partial charge in [-0.05, 0) is 28.7 Å². The molecular weight excluding hydrogens is 387 g/mol. The van der Waals surface area contributed by atoms with E-state index in [1.807, 2.05) is 48.5 Å². The molecule has 5 nitrogen and oxygen atoms in total. The summed E-state index contributed by atoms with van der Waals surface area (Å²) in [5, 5.41) is 11.1. The van der Waals surface area contributed by atoms with Crippen LogP contribution in [-0.4, -0.2) is 36.0 Å². The highest BCUT2D eigenvalue weighted by atomic mass is 19.4. The highest BCUT2D eigenvalue weighted by Crippen LogP contribution is 2.44. The van der Waals surface area contributed by atoms with E-state index in [2.05, 4.69) is 5.32 Å². The minimum Gasteiger partial charge on any atom is -0.481 e. The Morgan fingerprint density at radius 2 is 1.59 bits per heavy atom. The number of nitrogens with one attached hydrogen (secondary N) is 1. The molecule has 0 saturated carbocycles. The second-order valence-corrected chi connectivity index (χ2v) is 6.92. The van der Waals surface area contributed by atoms with Gasteiger partial charge in [-0.25, -0.2) is 4.79 Å². The second-order valence-electron chi connectivity index (χ2n) is 6.92. The predicted molar refractivity (Wildman–Crippen MR) is 99.5 cm³/mol. The monoisotopic (exact) mass is 407 g/mol. The maximum Gasteiger partial charge on any atom is 0.407 e. The zero-order valence-electron chi connectivity index (χ0n) is 15.4. The number of alkyl carbamates (subject to hydrolysis) is 1. The molecule has 2 N–H and O–H groups in total. The molecule has 0 fully saturated rings. The lowest BCUT2D eigenvalue weighted by atomic mass is 9.98. The Morgan fingerprint density at radius 1 is 1.03 bits per heavy atom. The molecule has 0 unspecified atom stereocenters.